The number of unbranched alkanes of at least 4 members (excludes halogenated alkanes) is 3. The summed E-state index contributed by atoms with van der Waals surface area (Å²) in [4.78, 5) is 0. The Morgan fingerprint density at radius 3 is 1.09 bits per heavy atom. The van der Waals surface area contributed by atoms with E-state index in [0.29, 0.717) is 0 Å². The molecule has 0 radical (unpaired) electrons. The first-order chi connectivity index (χ1) is 10.2. The van der Waals surface area contributed by atoms with E-state index in [9.17, 15) is 0 Å². The maximum Gasteiger partial charge on any atom is 4.00 e. The van der Waals surface area contributed by atoms with E-state index in [1.54, 1.807) is 0 Å². The second-order valence-electron chi connectivity index (χ2n) is 6.19. The van der Waals surface area contributed by atoms with Gasteiger partial charge in [-0.15, -0.1) is 6.92 Å². The Morgan fingerprint density at radius 2 is 1.04 bits per heavy atom. The average Bonchev–Trinajstić information content (AvgIpc) is 2.70. The normalized spacial score (nSPS) is 14.1. The van der Waals surface area contributed by atoms with Crippen LogP contribution in [0.15, 0.2) is 16.7 Å². The summed E-state index contributed by atoms with van der Waals surface area (Å²) < 4.78 is 0. The second kappa shape index (κ2) is 20.4. The van der Waals surface area contributed by atoms with Gasteiger partial charge >= 0.3 is 26.2 Å². The Bertz CT molecular complexity index is 280. The first-order valence-corrected chi connectivity index (χ1v) is 8.87. The summed E-state index contributed by atoms with van der Waals surface area (Å²) in [6.45, 7) is 28.1. The van der Waals surface area contributed by atoms with Crippen LogP contribution in [0.25, 0.3) is 0 Å². The van der Waals surface area contributed by atoms with Crippen molar-refractivity contribution in [2.75, 3.05) is 0 Å². The van der Waals surface area contributed by atoms with Gasteiger partial charge in [0.1, 0.15) is 0 Å². The summed E-state index contributed by atoms with van der Waals surface area (Å²) in [5.41, 5.74) is 4.39. The van der Waals surface area contributed by atoms with Crippen LogP contribution in [0.4, 0.5) is 0 Å². The van der Waals surface area contributed by atoms with E-state index in [2.05, 4.69) is 82.2 Å². The number of hydrogen-bond donors (Lipinski definition) is 0. The minimum atomic E-state index is 0. The molecule has 1 aliphatic carbocycles. The molecule has 0 unspecified atom stereocenters. The van der Waals surface area contributed by atoms with E-state index in [1.807, 2.05) is 0 Å². The summed E-state index contributed by atoms with van der Waals surface area (Å²) in [6, 6.07) is 0. The number of hydrogen-bond acceptors (Lipinski definition) is 0. The predicted octanol–water partition coefficient (Wildman–Crippen LogP) is 7.97. The van der Waals surface area contributed by atoms with Gasteiger partial charge in [0.05, 0.1) is 0 Å². The topological polar surface area (TPSA) is 0 Å². The van der Waals surface area contributed by atoms with Gasteiger partial charge in [0, 0.05) is 0 Å². The van der Waals surface area contributed by atoms with Crippen molar-refractivity contribution >= 4 is 0 Å². The average molecular weight is 398 g/mol. The van der Waals surface area contributed by atoms with Gasteiger partial charge < -0.3 is 20.8 Å². The SMILES string of the molecule is CC1=[C-]C(C)(C)C(C)=C1C.[CH2-]CCC.[CH2-]CCC.[CH2-]CCC.[Zr+4]. The van der Waals surface area contributed by atoms with Gasteiger partial charge in [-0.05, 0) is 0 Å². The van der Waals surface area contributed by atoms with Crippen LogP contribution >= 0.6 is 0 Å². The fraction of sp³-hybridized carbons (Fsp3) is 0.682. The number of rotatable bonds is 3. The molecule has 23 heavy (non-hydrogen) atoms. The van der Waals surface area contributed by atoms with Crippen molar-refractivity contribution in [2.24, 2.45) is 5.41 Å². The van der Waals surface area contributed by atoms with Crippen molar-refractivity contribution in [2.45, 2.75) is 93.9 Å². The smallest absolute Gasteiger partial charge is 0.343 e. The van der Waals surface area contributed by atoms with Crippen molar-refractivity contribution in [1.29, 1.82) is 0 Å². The fourth-order valence-corrected chi connectivity index (χ4v) is 1.41. The molecular formula is C22H42Zr. The van der Waals surface area contributed by atoms with Gasteiger partial charge in [0.25, 0.3) is 0 Å². The molecule has 0 bridgehead atoms. The molecule has 0 aliphatic heterocycles. The second-order valence-corrected chi connectivity index (χ2v) is 6.19. The molecule has 0 N–H and O–H groups in total. The Kier molecular flexibility index (Phi) is 27.7. The van der Waals surface area contributed by atoms with E-state index in [1.165, 1.54) is 36.0 Å². The van der Waals surface area contributed by atoms with Crippen LogP contribution in [0.1, 0.15) is 93.9 Å². The van der Waals surface area contributed by atoms with Crippen molar-refractivity contribution < 1.29 is 26.2 Å². The van der Waals surface area contributed by atoms with E-state index >= 15 is 0 Å². The molecule has 0 atom stereocenters. The Morgan fingerprint density at radius 1 is 0.783 bits per heavy atom. The predicted molar refractivity (Wildman–Crippen MR) is 105 cm³/mol. The van der Waals surface area contributed by atoms with Crippen molar-refractivity contribution in [3.63, 3.8) is 0 Å². The van der Waals surface area contributed by atoms with E-state index < -0.39 is 0 Å². The maximum absolute atomic E-state index is 3.60. The number of allylic oxidation sites excluding steroid dienone is 4. The van der Waals surface area contributed by atoms with Crippen molar-refractivity contribution in [1.82, 2.24) is 0 Å². The summed E-state index contributed by atoms with van der Waals surface area (Å²) in [7, 11) is 0. The van der Waals surface area contributed by atoms with Gasteiger partial charge in [0.2, 0.25) is 0 Å². The minimum Gasteiger partial charge on any atom is -0.343 e. The molecule has 0 saturated carbocycles. The van der Waals surface area contributed by atoms with Gasteiger partial charge in [-0.25, -0.2) is 5.57 Å². The van der Waals surface area contributed by atoms with Crippen LogP contribution in [0.5, 0.6) is 0 Å². The zero-order valence-electron chi connectivity index (χ0n) is 17.4. The van der Waals surface area contributed by atoms with Gasteiger partial charge in [-0.3, -0.25) is 6.08 Å². The molecule has 1 aliphatic rings. The van der Waals surface area contributed by atoms with Crippen LogP contribution in [0.3, 0.4) is 0 Å². The van der Waals surface area contributed by atoms with Gasteiger partial charge in [-0.1, -0.05) is 73.1 Å². The quantitative estimate of drug-likeness (QED) is 0.423. The summed E-state index contributed by atoms with van der Waals surface area (Å²) in [5.74, 6) is 0. The zero-order valence-corrected chi connectivity index (χ0v) is 19.8. The van der Waals surface area contributed by atoms with Crippen LogP contribution in [-0.4, -0.2) is 0 Å². The molecule has 134 valence electrons. The third-order valence-electron chi connectivity index (χ3n) is 3.62. The molecule has 0 aromatic carbocycles. The molecule has 0 saturated heterocycles. The summed E-state index contributed by atoms with van der Waals surface area (Å²) in [5, 5.41) is 0. The van der Waals surface area contributed by atoms with Crippen LogP contribution in [0, 0.1) is 32.3 Å². The third kappa shape index (κ3) is 18.5. The molecule has 0 aromatic heterocycles. The van der Waals surface area contributed by atoms with E-state index in [0.717, 1.165) is 19.3 Å². The van der Waals surface area contributed by atoms with Gasteiger partial charge in [0.15, 0.2) is 0 Å². The third-order valence-corrected chi connectivity index (χ3v) is 3.62. The Hall–Kier alpha value is 0.363. The maximum atomic E-state index is 3.60. The Balaban J connectivity index is -0.000000118. The fourth-order valence-electron chi connectivity index (χ4n) is 1.41. The van der Waals surface area contributed by atoms with Crippen LogP contribution in [-0.2, 0) is 26.2 Å². The van der Waals surface area contributed by atoms with Crippen LogP contribution < -0.4 is 0 Å². The molecule has 0 nitrogen and oxygen atoms in total. The minimum absolute atomic E-state index is 0. The molecule has 0 spiro atoms. The monoisotopic (exact) mass is 396 g/mol. The largest absolute Gasteiger partial charge is 4.00 e. The molecule has 1 rings (SSSR count). The van der Waals surface area contributed by atoms with E-state index in [4.69, 9.17) is 0 Å². The summed E-state index contributed by atoms with van der Waals surface area (Å²) >= 11 is 0. The molecule has 0 aromatic rings. The first-order valence-electron chi connectivity index (χ1n) is 8.87. The van der Waals surface area contributed by atoms with Crippen molar-refractivity contribution in [3.8, 4) is 0 Å². The molecule has 0 amide bonds. The first kappa shape index (κ1) is 31.2. The molecular weight excluding hydrogens is 355 g/mol. The molecule has 0 fully saturated rings. The standard InChI is InChI=1S/C10H15.3C4H9.Zr/c1-7-6-10(4,5)9(3)8(7)2;3*1-3-4-2;/h1-5H3;3*1,3-4H2,2H3;/q4*-1;+4. The molecule has 1 heteroatoms. The van der Waals surface area contributed by atoms with E-state index in [-0.39, 0.29) is 31.6 Å². The van der Waals surface area contributed by atoms with Crippen molar-refractivity contribution in [3.05, 3.63) is 43.6 Å². The zero-order chi connectivity index (χ0) is 18.2. The Labute approximate surface area is 168 Å². The van der Waals surface area contributed by atoms with Gasteiger partial charge in [-0.2, -0.15) is 30.4 Å². The van der Waals surface area contributed by atoms with Crippen LogP contribution in [0.2, 0.25) is 0 Å². The summed E-state index contributed by atoms with van der Waals surface area (Å²) in [6.07, 6.45) is 10.3. The molecule has 0 heterocycles.